The number of aliphatic hydroxyl groups excluding tert-OH is 1. The van der Waals surface area contributed by atoms with Crippen LogP contribution in [-0.4, -0.2) is 23.7 Å². The molecule has 1 amide bonds. The molecule has 1 aromatic carbocycles. The molecule has 0 aromatic heterocycles. The van der Waals surface area contributed by atoms with Crippen molar-refractivity contribution in [2.45, 2.75) is 25.4 Å². The van der Waals surface area contributed by atoms with Crippen molar-refractivity contribution in [3.63, 3.8) is 0 Å². The lowest BCUT2D eigenvalue weighted by atomic mass is 10.1. The van der Waals surface area contributed by atoms with Gasteiger partial charge in [0.05, 0.1) is 6.10 Å². The van der Waals surface area contributed by atoms with Gasteiger partial charge in [-0.25, -0.2) is 0 Å². The molecule has 2 N–H and O–H groups in total. The van der Waals surface area contributed by atoms with Crippen molar-refractivity contribution in [2.75, 3.05) is 6.54 Å². The predicted molar refractivity (Wildman–Crippen MR) is 67.1 cm³/mol. The molecular weight excluding hydrogens is 238 g/mol. The summed E-state index contributed by atoms with van der Waals surface area (Å²) in [7, 11) is 0. The van der Waals surface area contributed by atoms with Crippen molar-refractivity contribution in [1.29, 1.82) is 0 Å². The molecule has 0 spiro atoms. The van der Waals surface area contributed by atoms with Crippen molar-refractivity contribution in [1.82, 2.24) is 5.32 Å². The van der Waals surface area contributed by atoms with Crippen LogP contribution in [0, 0.1) is 5.92 Å². The second kappa shape index (κ2) is 5.52. The van der Waals surface area contributed by atoms with Gasteiger partial charge >= 0.3 is 0 Å². The quantitative estimate of drug-likeness (QED) is 0.868. The molecule has 0 saturated heterocycles. The van der Waals surface area contributed by atoms with E-state index in [-0.39, 0.29) is 17.9 Å². The van der Waals surface area contributed by atoms with E-state index in [2.05, 4.69) is 5.32 Å². The number of hydrogen-bond donors (Lipinski definition) is 2. The fraction of sp³-hybridized carbons (Fsp3) is 0.462. The van der Waals surface area contributed by atoms with E-state index >= 15 is 0 Å². The maximum Gasteiger partial charge on any atom is 0.251 e. The normalized spacial score (nSPS) is 23.6. The summed E-state index contributed by atoms with van der Waals surface area (Å²) in [6, 6.07) is 6.78. The van der Waals surface area contributed by atoms with Crippen LogP contribution in [0.1, 0.15) is 29.6 Å². The van der Waals surface area contributed by atoms with E-state index in [1.54, 1.807) is 24.3 Å². The number of carbonyl (C=O) groups is 1. The fourth-order valence-electron chi connectivity index (χ4n) is 2.18. The van der Waals surface area contributed by atoms with Crippen molar-refractivity contribution in [2.24, 2.45) is 5.92 Å². The smallest absolute Gasteiger partial charge is 0.251 e. The molecule has 0 bridgehead atoms. The molecule has 3 nitrogen and oxygen atoms in total. The molecule has 1 fully saturated rings. The Morgan fingerprint density at radius 1 is 1.35 bits per heavy atom. The van der Waals surface area contributed by atoms with Gasteiger partial charge in [0, 0.05) is 23.0 Å². The standard InChI is InChI=1S/C13H16ClNO2/c14-11-6-4-9(5-7-11)13(17)15-8-10-2-1-3-12(10)16/h4-7,10,12,16H,1-3,8H2,(H,15,17). The third-order valence-corrected chi connectivity index (χ3v) is 3.50. The molecule has 92 valence electrons. The minimum atomic E-state index is -0.263. The number of aliphatic hydroxyl groups is 1. The lowest BCUT2D eigenvalue weighted by molar-refractivity contribution is 0.0917. The highest BCUT2D eigenvalue weighted by Gasteiger charge is 2.25. The van der Waals surface area contributed by atoms with Crippen LogP contribution in [0.4, 0.5) is 0 Å². The lowest BCUT2D eigenvalue weighted by Crippen LogP contribution is -2.32. The van der Waals surface area contributed by atoms with Gasteiger partial charge in [0.25, 0.3) is 5.91 Å². The second-order valence-corrected chi connectivity index (χ2v) is 4.91. The highest BCUT2D eigenvalue weighted by Crippen LogP contribution is 2.24. The number of carbonyl (C=O) groups excluding carboxylic acids is 1. The third kappa shape index (κ3) is 3.20. The van der Waals surface area contributed by atoms with Gasteiger partial charge in [0.1, 0.15) is 0 Å². The first-order valence-corrected chi connectivity index (χ1v) is 6.26. The van der Waals surface area contributed by atoms with Gasteiger partial charge in [-0.15, -0.1) is 0 Å². The maximum atomic E-state index is 11.8. The summed E-state index contributed by atoms with van der Waals surface area (Å²) in [6.45, 7) is 0.544. The molecule has 1 aliphatic carbocycles. The predicted octanol–water partition coefficient (Wildman–Crippen LogP) is 2.23. The molecule has 0 heterocycles. The zero-order valence-electron chi connectivity index (χ0n) is 9.53. The minimum absolute atomic E-state index is 0.110. The van der Waals surface area contributed by atoms with E-state index < -0.39 is 0 Å². The average Bonchev–Trinajstić information content (AvgIpc) is 2.73. The first kappa shape index (κ1) is 12.4. The molecule has 2 rings (SSSR count). The Labute approximate surface area is 106 Å². The summed E-state index contributed by atoms with van der Waals surface area (Å²) in [6.07, 6.45) is 2.62. The number of amides is 1. The largest absolute Gasteiger partial charge is 0.393 e. The molecule has 1 aliphatic rings. The Balaban J connectivity index is 1.87. The van der Waals surface area contributed by atoms with Crippen molar-refractivity contribution in [3.05, 3.63) is 34.9 Å². The van der Waals surface area contributed by atoms with Gasteiger partial charge in [-0.05, 0) is 37.1 Å². The van der Waals surface area contributed by atoms with Crippen molar-refractivity contribution in [3.8, 4) is 0 Å². The van der Waals surface area contributed by atoms with Crippen LogP contribution in [0.15, 0.2) is 24.3 Å². The number of rotatable bonds is 3. The Bertz CT molecular complexity index is 391. The molecule has 2 unspecified atom stereocenters. The highest BCUT2D eigenvalue weighted by molar-refractivity contribution is 6.30. The number of hydrogen-bond acceptors (Lipinski definition) is 2. The second-order valence-electron chi connectivity index (χ2n) is 4.48. The number of nitrogens with one attached hydrogen (secondary N) is 1. The lowest BCUT2D eigenvalue weighted by Gasteiger charge is -2.15. The van der Waals surface area contributed by atoms with E-state index in [9.17, 15) is 9.90 Å². The van der Waals surface area contributed by atoms with Crippen molar-refractivity contribution >= 4 is 17.5 Å². The molecule has 0 radical (unpaired) electrons. The van der Waals surface area contributed by atoms with Crippen LogP contribution in [0.25, 0.3) is 0 Å². The fourth-order valence-corrected chi connectivity index (χ4v) is 2.31. The molecule has 0 aliphatic heterocycles. The Morgan fingerprint density at radius 2 is 2.06 bits per heavy atom. The van der Waals surface area contributed by atoms with Crippen LogP contribution in [0.5, 0.6) is 0 Å². The summed E-state index contributed by atoms with van der Waals surface area (Å²) in [5.41, 5.74) is 0.599. The molecule has 2 atom stereocenters. The highest BCUT2D eigenvalue weighted by atomic mass is 35.5. The van der Waals surface area contributed by atoms with Gasteiger partial charge < -0.3 is 10.4 Å². The van der Waals surface area contributed by atoms with E-state index in [4.69, 9.17) is 11.6 Å². The number of halogens is 1. The summed E-state index contributed by atoms with van der Waals surface area (Å²) < 4.78 is 0. The van der Waals surface area contributed by atoms with E-state index in [1.165, 1.54) is 0 Å². The summed E-state index contributed by atoms with van der Waals surface area (Å²) in [4.78, 5) is 11.8. The molecular formula is C13H16ClNO2. The zero-order valence-corrected chi connectivity index (χ0v) is 10.3. The Kier molecular flexibility index (Phi) is 4.02. The SMILES string of the molecule is O=C(NCC1CCCC1O)c1ccc(Cl)cc1. The maximum absolute atomic E-state index is 11.8. The molecule has 4 heteroatoms. The first-order chi connectivity index (χ1) is 8.16. The van der Waals surface area contributed by atoms with E-state index in [1.807, 2.05) is 0 Å². The van der Waals surface area contributed by atoms with Crippen LogP contribution >= 0.6 is 11.6 Å². The number of benzene rings is 1. The average molecular weight is 254 g/mol. The first-order valence-electron chi connectivity index (χ1n) is 5.88. The van der Waals surface area contributed by atoms with Crippen LogP contribution in [-0.2, 0) is 0 Å². The molecule has 1 saturated carbocycles. The summed E-state index contributed by atoms with van der Waals surface area (Å²) in [5.74, 6) is 0.0898. The van der Waals surface area contributed by atoms with E-state index in [0.717, 1.165) is 19.3 Å². The Morgan fingerprint density at radius 3 is 2.65 bits per heavy atom. The summed E-state index contributed by atoms with van der Waals surface area (Å²) >= 11 is 5.75. The zero-order chi connectivity index (χ0) is 12.3. The van der Waals surface area contributed by atoms with Gasteiger partial charge in [0.15, 0.2) is 0 Å². The van der Waals surface area contributed by atoms with Gasteiger partial charge in [-0.1, -0.05) is 18.0 Å². The van der Waals surface area contributed by atoms with Gasteiger partial charge in [0.2, 0.25) is 0 Å². The van der Waals surface area contributed by atoms with Gasteiger partial charge in [-0.3, -0.25) is 4.79 Å². The Hall–Kier alpha value is -1.06. The molecule has 17 heavy (non-hydrogen) atoms. The van der Waals surface area contributed by atoms with Gasteiger partial charge in [-0.2, -0.15) is 0 Å². The van der Waals surface area contributed by atoms with Crippen LogP contribution in [0.2, 0.25) is 5.02 Å². The van der Waals surface area contributed by atoms with E-state index in [0.29, 0.717) is 17.1 Å². The topological polar surface area (TPSA) is 49.3 Å². The third-order valence-electron chi connectivity index (χ3n) is 3.25. The van der Waals surface area contributed by atoms with Crippen LogP contribution in [0.3, 0.4) is 0 Å². The summed E-state index contributed by atoms with van der Waals surface area (Å²) in [5, 5.41) is 13.1. The minimum Gasteiger partial charge on any atom is -0.393 e. The van der Waals surface area contributed by atoms with Crippen molar-refractivity contribution < 1.29 is 9.90 Å². The van der Waals surface area contributed by atoms with Crippen LogP contribution < -0.4 is 5.32 Å². The molecule has 1 aromatic rings. The monoisotopic (exact) mass is 253 g/mol.